The Balaban J connectivity index is 1.74. The first kappa shape index (κ1) is 17.8. The normalized spacial score (nSPS) is 14.7. The van der Waals surface area contributed by atoms with Crippen molar-refractivity contribution >= 4 is 35.0 Å². The van der Waals surface area contributed by atoms with E-state index in [1.807, 2.05) is 12.1 Å². The molecule has 1 aliphatic carbocycles. The van der Waals surface area contributed by atoms with Crippen LogP contribution in [0.3, 0.4) is 0 Å². The number of halogens is 1. The molecule has 2 aromatic rings. The van der Waals surface area contributed by atoms with E-state index in [9.17, 15) is 4.79 Å². The third-order valence-electron chi connectivity index (χ3n) is 4.17. The SMILES string of the molecule is N#Cc1cc(NC(=O)c2ccc(Cl)c(SC3CCCCC3)c2)ccn1. The number of carbonyl (C=O) groups excluding carboxylic acids is 1. The molecule has 1 aromatic heterocycles. The second kappa shape index (κ2) is 8.37. The van der Waals surface area contributed by atoms with Gasteiger partial charge in [-0.2, -0.15) is 5.26 Å². The van der Waals surface area contributed by atoms with Crippen LogP contribution in [-0.2, 0) is 0 Å². The largest absolute Gasteiger partial charge is 0.322 e. The van der Waals surface area contributed by atoms with Crippen LogP contribution >= 0.6 is 23.4 Å². The van der Waals surface area contributed by atoms with E-state index in [2.05, 4.69) is 10.3 Å². The molecule has 1 aromatic carbocycles. The molecule has 0 atom stereocenters. The zero-order valence-electron chi connectivity index (χ0n) is 13.7. The van der Waals surface area contributed by atoms with Gasteiger partial charge in [-0.25, -0.2) is 4.98 Å². The summed E-state index contributed by atoms with van der Waals surface area (Å²) in [7, 11) is 0. The van der Waals surface area contributed by atoms with Crippen LogP contribution in [-0.4, -0.2) is 16.1 Å². The summed E-state index contributed by atoms with van der Waals surface area (Å²) in [6, 6.07) is 10.5. The molecule has 1 heterocycles. The first-order valence-electron chi connectivity index (χ1n) is 8.29. The monoisotopic (exact) mass is 371 g/mol. The summed E-state index contributed by atoms with van der Waals surface area (Å²) in [5.74, 6) is -0.225. The number of aromatic nitrogens is 1. The lowest BCUT2D eigenvalue weighted by molar-refractivity contribution is 0.102. The van der Waals surface area contributed by atoms with Crippen LogP contribution in [0.15, 0.2) is 41.4 Å². The van der Waals surface area contributed by atoms with Gasteiger partial charge in [-0.05, 0) is 43.2 Å². The molecule has 6 heteroatoms. The van der Waals surface area contributed by atoms with Gasteiger partial charge >= 0.3 is 0 Å². The molecule has 4 nitrogen and oxygen atoms in total. The van der Waals surface area contributed by atoms with Gasteiger partial charge in [0.2, 0.25) is 0 Å². The summed E-state index contributed by atoms with van der Waals surface area (Å²) >= 11 is 8.09. The Morgan fingerprint density at radius 1 is 1.24 bits per heavy atom. The van der Waals surface area contributed by atoms with E-state index < -0.39 is 0 Å². The molecule has 25 heavy (non-hydrogen) atoms. The summed E-state index contributed by atoms with van der Waals surface area (Å²) in [6.45, 7) is 0. The second-order valence-electron chi connectivity index (χ2n) is 6.02. The number of rotatable bonds is 4. The number of nitrogens with zero attached hydrogens (tertiary/aromatic N) is 2. The Labute approximate surface area is 156 Å². The highest BCUT2D eigenvalue weighted by molar-refractivity contribution is 8.00. The predicted molar refractivity (Wildman–Crippen MR) is 101 cm³/mol. The number of benzene rings is 1. The van der Waals surface area contributed by atoms with Crippen molar-refractivity contribution in [3.8, 4) is 6.07 Å². The maximum atomic E-state index is 12.5. The molecule has 0 aliphatic heterocycles. The van der Waals surface area contributed by atoms with Crippen LogP contribution in [0, 0.1) is 11.3 Å². The number of pyridine rings is 1. The van der Waals surface area contributed by atoms with Gasteiger partial charge in [-0.3, -0.25) is 4.79 Å². The topological polar surface area (TPSA) is 65.8 Å². The Kier molecular flexibility index (Phi) is 5.95. The van der Waals surface area contributed by atoms with Crippen LogP contribution < -0.4 is 5.32 Å². The van der Waals surface area contributed by atoms with Crippen LogP contribution in [0.25, 0.3) is 0 Å². The summed E-state index contributed by atoms with van der Waals surface area (Å²) in [4.78, 5) is 17.4. The number of anilines is 1. The molecule has 1 N–H and O–H groups in total. The van der Waals surface area contributed by atoms with Crippen LogP contribution in [0.2, 0.25) is 5.02 Å². The molecule has 0 spiro atoms. The molecular weight excluding hydrogens is 354 g/mol. The Morgan fingerprint density at radius 3 is 2.80 bits per heavy atom. The van der Waals surface area contributed by atoms with E-state index >= 15 is 0 Å². The number of nitriles is 1. The minimum absolute atomic E-state index is 0.225. The van der Waals surface area contributed by atoms with Crippen molar-refractivity contribution in [1.82, 2.24) is 4.98 Å². The van der Waals surface area contributed by atoms with Crippen molar-refractivity contribution < 1.29 is 4.79 Å². The molecule has 3 rings (SSSR count). The minimum Gasteiger partial charge on any atom is -0.322 e. The first-order valence-corrected chi connectivity index (χ1v) is 9.55. The van der Waals surface area contributed by atoms with Gasteiger partial charge in [-0.15, -0.1) is 11.8 Å². The lowest BCUT2D eigenvalue weighted by atomic mass is 10.0. The van der Waals surface area contributed by atoms with Crippen molar-refractivity contribution in [3.05, 3.63) is 52.8 Å². The molecule has 0 bridgehead atoms. The number of hydrogen-bond acceptors (Lipinski definition) is 4. The fraction of sp³-hybridized carbons (Fsp3) is 0.316. The molecule has 0 saturated heterocycles. The van der Waals surface area contributed by atoms with Crippen molar-refractivity contribution in [2.45, 2.75) is 42.2 Å². The van der Waals surface area contributed by atoms with Crippen molar-refractivity contribution in [3.63, 3.8) is 0 Å². The van der Waals surface area contributed by atoms with Crippen LogP contribution in [0.5, 0.6) is 0 Å². The van der Waals surface area contributed by atoms with Gasteiger partial charge in [0.25, 0.3) is 5.91 Å². The summed E-state index contributed by atoms with van der Waals surface area (Å²) < 4.78 is 0. The maximum Gasteiger partial charge on any atom is 0.255 e. The average molecular weight is 372 g/mol. The summed E-state index contributed by atoms with van der Waals surface area (Å²) in [5, 5.41) is 12.9. The number of amides is 1. The van der Waals surface area contributed by atoms with Crippen LogP contribution in [0.4, 0.5) is 5.69 Å². The molecule has 1 aliphatic rings. The first-order chi connectivity index (χ1) is 12.2. The quantitative estimate of drug-likeness (QED) is 0.793. The van der Waals surface area contributed by atoms with E-state index in [1.165, 1.54) is 38.3 Å². The predicted octanol–water partition coefficient (Wildman–Crippen LogP) is 5.28. The molecule has 0 radical (unpaired) electrons. The summed E-state index contributed by atoms with van der Waals surface area (Å²) in [5.41, 5.74) is 1.37. The highest BCUT2D eigenvalue weighted by Crippen LogP contribution is 2.37. The summed E-state index contributed by atoms with van der Waals surface area (Å²) in [6.07, 6.45) is 7.73. The second-order valence-corrected chi connectivity index (χ2v) is 7.77. The van der Waals surface area contributed by atoms with E-state index in [0.29, 0.717) is 21.5 Å². The van der Waals surface area contributed by atoms with Crippen molar-refractivity contribution in [2.24, 2.45) is 0 Å². The average Bonchev–Trinajstić information content (AvgIpc) is 2.64. The van der Waals surface area contributed by atoms with Gasteiger partial charge < -0.3 is 5.32 Å². The van der Waals surface area contributed by atoms with E-state index in [-0.39, 0.29) is 11.6 Å². The zero-order chi connectivity index (χ0) is 17.6. The molecular formula is C19H18ClN3OS. The molecule has 128 valence electrons. The number of carbonyl (C=O) groups is 1. The van der Waals surface area contributed by atoms with Gasteiger partial charge in [0, 0.05) is 27.6 Å². The lowest BCUT2D eigenvalue weighted by Crippen LogP contribution is -2.12. The Hall–Kier alpha value is -2.03. The molecule has 1 saturated carbocycles. The number of nitrogens with one attached hydrogen (secondary N) is 1. The molecule has 0 unspecified atom stereocenters. The minimum atomic E-state index is -0.225. The standard InChI is InChI=1S/C19H18ClN3OS/c20-17-7-6-13(10-18(17)25-16-4-2-1-3-5-16)19(24)23-14-8-9-22-15(11-14)12-21/h6-11,16H,1-5H2,(H,22,23,24). The van der Waals surface area contributed by atoms with Gasteiger partial charge in [0.15, 0.2) is 0 Å². The van der Waals surface area contributed by atoms with Crippen molar-refractivity contribution in [1.29, 1.82) is 5.26 Å². The van der Waals surface area contributed by atoms with E-state index in [4.69, 9.17) is 16.9 Å². The van der Waals surface area contributed by atoms with E-state index in [1.54, 1.807) is 36.0 Å². The zero-order valence-corrected chi connectivity index (χ0v) is 15.2. The lowest BCUT2D eigenvalue weighted by Gasteiger charge is -2.21. The smallest absolute Gasteiger partial charge is 0.255 e. The highest BCUT2D eigenvalue weighted by Gasteiger charge is 2.17. The number of hydrogen-bond donors (Lipinski definition) is 1. The third kappa shape index (κ3) is 4.75. The highest BCUT2D eigenvalue weighted by atomic mass is 35.5. The fourth-order valence-corrected chi connectivity index (χ4v) is 4.43. The molecule has 1 fully saturated rings. The van der Waals surface area contributed by atoms with Gasteiger partial charge in [-0.1, -0.05) is 30.9 Å². The Bertz CT molecular complexity index is 813. The maximum absolute atomic E-state index is 12.5. The fourth-order valence-electron chi connectivity index (χ4n) is 2.87. The van der Waals surface area contributed by atoms with Crippen LogP contribution in [0.1, 0.15) is 48.2 Å². The Morgan fingerprint density at radius 2 is 2.04 bits per heavy atom. The van der Waals surface area contributed by atoms with E-state index in [0.717, 1.165) is 4.90 Å². The van der Waals surface area contributed by atoms with Crippen molar-refractivity contribution in [2.75, 3.05) is 5.32 Å². The third-order valence-corrected chi connectivity index (χ3v) is 6.01. The van der Waals surface area contributed by atoms with Gasteiger partial charge in [0.1, 0.15) is 11.8 Å². The number of thioether (sulfide) groups is 1. The molecule has 1 amide bonds. The van der Waals surface area contributed by atoms with Gasteiger partial charge in [0.05, 0.1) is 5.02 Å².